The van der Waals surface area contributed by atoms with Crippen molar-refractivity contribution < 1.29 is 9.90 Å². The van der Waals surface area contributed by atoms with E-state index in [1.165, 1.54) is 29.5 Å². The molecule has 2 aromatic heterocycles. The first-order valence-electron chi connectivity index (χ1n) is 6.53. The number of thiophene rings is 1. The van der Waals surface area contributed by atoms with Gasteiger partial charge in [-0.25, -0.2) is 14.8 Å². The summed E-state index contributed by atoms with van der Waals surface area (Å²) in [6.07, 6.45) is 5.52. The number of hydrogen-bond acceptors (Lipinski definition) is 6. The number of nitrogens with zero attached hydrogens (tertiary/aromatic N) is 3. The monoisotopic (exact) mass is 309 g/mol. The molecule has 1 aliphatic heterocycles. The SMILES string of the molecule is CSc1nc(N2CCCCC2)c2cc(C(=O)O)sc2n1. The van der Waals surface area contributed by atoms with Gasteiger partial charge < -0.3 is 10.0 Å². The zero-order valence-electron chi connectivity index (χ0n) is 11.1. The molecule has 0 aliphatic carbocycles. The molecule has 5 nitrogen and oxygen atoms in total. The predicted molar refractivity (Wildman–Crippen MR) is 82.2 cm³/mol. The number of carboxylic acid groups (broad SMARTS) is 1. The Morgan fingerprint density at radius 2 is 2.10 bits per heavy atom. The van der Waals surface area contributed by atoms with Gasteiger partial charge in [-0.3, -0.25) is 0 Å². The molecule has 7 heteroatoms. The first-order chi connectivity index (χ1) is 9.69. The van der Waals surface area contributed by atoms with E-state index >= 15 is 0 Å². The zero-order valence-corrected chi connectivity index (χ0v) is 12.8. The van der Waals surface area contributed by atoms with Gasteiger partial charge in [0.05, 0.1) is 5.39 Å². The highest BCUT2D eigenvalue weighted by Crippen LogP contribution is 2.33. The van der Waals surface area contributed by atoms with Crippen molar-refractivity contribution in [3.63, 3.8) is 0 Å². The van der Waals surface area contributed by atoms with Gasteiger partial charge in [-0.2, -0.15) is 0 Å². The van der Waals surface area contributed by atoms with E-state index in [-0.39, 0.29) is 0 Å². The van der Waals surface area contributed by atoms with Crippen molar-refractivity contribution in [2.24, 2.45) is 0 Å². The van der Waals surface area contributed by atoms with E-state index in [0.29, 0.717) is 10.0 Å². The van der Waals surface area contributed by atoms with Gasteiger partial charge in [-0.05, 0) is 31.6 Å². The summed E-state index contributed by atoms with van der Waals surface area (Å²) in [7, 11) is 0. The van der Waals surface area contributed by atoms with Crippen molar-refractivity contribution >= 4 is 45.1 Å². The lowest BCUT2D eigenvalue weighted by atomic mass is 10.1. The molecule has 0 amide bonds. The van der Waals surface area contributed by atoms with Crippen LogP contribution in [0.3, 0.4) is 0 Å². The highest BCUT2D eigenvalue weighted by molar-refractivity contribution is 7.98. The minimum absolute atomic E-state index is 0.325. The molecule has 2 aromatic rings. The third kappa shape index (κ3) is 2.47. The summed E-state index contributed by atoms with van der Waals surface area (Å²) < 4.78 is 0. The molecule has 3 heterocycles. The van der Waals surface area contributed by atoms with Gasteiger partial charge in [0, 0.05) is 13.1 Å². The maximum atomic E-state index is 11.2. The number of hydrogen-bond donors (Lipinski definition) is 1. The average molecular weight is 309 g/mol. The molecular weight excluding hydrogens is 294 g/mol. The van der Waals surface area contributed by atoms with E-state index in [9.17, 15) is 4.79 Å². The van der Waals surface area contributed by atoms with Gasteiger partial charge in [0.15, 0.2) is 5.16 Å². The molecule has 1 fully saturated rings. The molecule has 3 rings (SSSR count). The largest absolute Gasteiger partial charge is 0.477 e. The molecule has 0 saturated carbocycles. The normalized spacial score (nSPS) is 15.8. The summed E-state index contributed by atoms with van der Waals surface area (Å²) in [5, 5.41) is 10.7. The number of carboxylic acids is 1. The molecule has 0 radical (unpaired) electrons. The van der Waals surface area contributed by atoms with Crippen molar-refractivity contribution in [1.29, 1.82) is 0 Å². The summed E-state index contributed by atoms with van der Waals surface area (Å²) in [6, 6.07) is 1.70. The smallest absolute Gasteiger partial charge is 0.345 e. The first kappa shape index (κ1) is 13.6. The molecule has 0 aromatic carbocycles. The fourth-order valence-corrected chi connectivity index (χ4v) is 3.71. The van der Waals surface area contributed by atoms with Crippen LogP contribution in [0.4, 0.5) is 5.82 Å². The van der Waals surface area contributed by atoms with Crippen molar-refractivity contribution in [2.75, 3.05) is 24.2 Å². The Balaban J connectivity index is 2.14. The summed E-state index contributed by atoms with van der Waals surface area (Å²) in [5.41, 5.74) is 0. The number of piperidine rings is 1. The Hall–Kier alpha value is -1.34. The van der Waals surface area contributed by atoms with Gasteiger partial charge in [-0.15, -0.1) is 11.3 Å². The number of aromatic carboxylic acids is 1. The number of rotatable bonds is 3. The molecule has 1 N–H and O–H groups in total. The lowest BCUT2D eigenvalue weighted by Gasteiger charge is -2.28. The third-order valence-electron chi connectivity index (χ3n) is 3.40. The van der Waals surface area contributed by atoms with Gasteiger partial charge in [0.2, 0.25) is 0 Å². The average Bonchev–Trinajstić information content (AvgIpc) is 2.91. The van der Waals surface area contributed by atoms with Crippen LogP contribution in [-0.2, 0) is 0 Å². The van der Waals surface area contributed by atoms with Gasteiger partial charge in [0.25, 0.3) is 0 Å². The topological polar surface area (TPSA) is 66.3 Å². The maximum Gasteiger partial charge on any atom is 0.345 e. The van der Waals surface area contributed by atoms with E-state index in [1.54, 1.807) is 6.07 Å². The van der Waals surface area contributed by atoms with Crippen molar-refractivity contribution in [3.05, 3.63) is 10.9 Å². The Morgan fingerprint density at radius 3 is 2.75 bits per heavy atom. The zero-order chi connectivity index (χ0) is 14.1. The van der Waals surface area contributed by atoms with Crippen LogP contribution in [0.15, 0.2) is 11.2 Å². The summed E-state index contributed by atoms with van der Waals surface area (Å²) in [6.45, 7) is 1.97. The molecular formula is C13H15N3O2S2. The van der Waals surface area contributed by atoms with E-state index in [4.69, 9.17) is 5.11 Å². The molecule has 106 valence electrons. The quantitative estimate of drug-likeness (QED) is 0.694. The van der Waals surface area contributed by atoms with Crippen LogP contribution in [0.25, 0.3) is 10.2 Å². The summed E-state index contributed by atoms with van der Waals surface area (Å²) >= 11 is 2.71. The first-order valence-corrected chi connectivity index (χ1v) is 8.57. The lowest BCUT2D eigenvalue weighted by Crippen LogP contribution is -2.30. The van der Waals surface area contributed by atoms with Crippen LogP contribution in [0.2, 0.25) is 0 Å². The van der Waals surface area contributed by atoms with Crippen LogP contribution in [0, 0.1) is 0 Å². The second-order valence-electron chi connectivity index (χ2n) is 4.72. The van der Waals surface area contributed by atoms with Crippen molar-refractivity contribution in [2.45, 2.75) is 24.4 Å². The van der Waals surface area contributed by atoms with Gasteiger partial charge in [0.1, 0.15) is 15.5 Å². The van der Waals surface area contributed by atoms with Crippen LogP contribution in [0.5, 0.6) is 0 Å². The number of carbonyl (C=O) groups is 1. The molecule has 1 aliphatic rings. The van der Waals surface area contributed by atoms with Crippen LogP contribution in [-0.4, -0.2) is 40.4 Å². The molecule has 0 unspecified atom stereocenters. The number of thioether (sulfide) groups is 1. The van der Waals surface area contributed by atoms with Crippen molar-refractivity contribution in [1.82, 2.24) is 9.97 Å². The van der Waals surface area contributed by atoms with Crippen LogP contribution < -0.4 is 4.90 Å². The molecule has 20 heavy (non-hydrogen) atoms. The third-order valence-corrected chi connectivity index (χ3v) is 4.97. The van der Waals surface area contributed by atoms with Gasteiger partial charge in [-0.1, -0.05) is 11.8 Å². The Kier molecular flexibility index (Phi) is 3.80. The van der Waals surface area contributed by atoms with Gasteiger partial charge >= 0.3 is 5.97 Å². The fraction of sp³-hybridized carbons (Fsp3) is 0.462. The summed E-state index contributed by atoms with van der Waals surface area (Å²) in [5.74, 6) is -0.00824. The molecule has 0 bridgehead atoms. The molecule has 0 spiro atoms. The minimum Gasteiger partial charge on any atom is -0.477 e. The van der Waals surface area contributed by atoms with E-state index < -0.39 is 5.97 Å². The second kappa shape index (κ2) is 5.57. The standard InChI is InChI=1S/C13H15N3O2S2/c1-19-13-14-10(16-5-3-2-4-6-16)8-7-9(12(17)18)20-11(8)15-13/h7H,2-6H2,1H3,(H,17,18). The maximum absolute atomic E-state index is 11.2. The highest BCUT2D eigenvalue weighted by atomic mass is 32.2. The number of fused-ring (bicyclic) bond motifs is 1. The minimum atomic E-state index is -0.900. The molecule has 0 atom stereocenters. The second-order valence-corrected chi connectivity index (χ2v) is 6.52. The highest BCUT2D eigenvalue weighted by Gasteiger charge is 2.20. The lowest BCUT2D eigenvalue weighted by molar-refractivity contribution is 0.0702. The van der Waals surface area contributed by atoms with E-state index in [2.05, 4.69) is 14.9 Å². The van der Waals surface area contributed by atoms with E-state index in [1.807, 2.05) is 6.26 Å². The number of aromatic nitrogens is 2. The fourth-order valence-electron chi connectivity index (χ4n) is 2.43. The number of anilines is 1. The van der Waals surface area contributed by atoms with Crippen LogP contribution in [0.1, 0.15) is 28.9 Å². The van der Waals surface area contributed by atoms with Crippen molar-refractivity contribution in [3.8, 4) is 0 Å². The van der Waals surface area contributed by atoms with E-state index in [0.717, 1.165) is 42.0 Å². The Labute approximate surface area is 125 Å². The predicted octanol–water partition coefficient (Wildman–Crippen LogP) is 3.10. The Morgan fingerprint density at radius 1 is 1.35 bits per heavy atom. The van der Waals surface area contributed by atoms with Crippen LogP contribution >= 0.6 is 23.1 Å². The molecule has 1 saturated heterocycles. The Bertz CT molecular complexity index is 650. The summed E-state index contributed by atoms with van der Waals surface area (Å²) in [4.78, 5) is 23.5.